The number of aryl methyl sites for hydroxylation is 1. The first-order valence-electron chi connectivity index (χ1n) is 5.93. The van der Waals surface area contributed by atoms with Crippen molar-refractivity contribution in [1.29, 1.82) is 0 Å². The molecule has 2 N–H and O–H groups in total. The largest absolute Gasteiger partial charge is 0.349 e. The number of carbonyl (C=O) groups excluding carboxylic acids is 1. The van der Waals surface area contributed by atoms with E-state index in [-0.39, 0.29) is 11.7 Å². The van der Waals surface area contributed by atoms with E-state index in [4.69, 9.17) is 0 Å². The Morgan fingerprint density at radius 1 is 1.44 bits per heavy atom. The Morgan fingerprint density at radius 3 is 2.81 bits per heavy atom. The van der Waals surface area contributed by atoms with E-state index in [2.05, 4.69) is 20.5 Å². The van der Waals surface area contributed by atoms with Crippen LogP contribution in [0, 0.1) is 12.8 Å². The minimum Gasteiger partial charge on any atom is -0.349 e. The molecule has 5 heteroatoms. The van der Waals surface area contributed by atoms with Crippen LogP contribution >= 0.6 is 0 Å². The third-order valence-corrected chi connectivity index (χ3v) is 3.08. The summed E-state index contributed by atoms with van der Waals surface area (Å²) >= 11 is 0. The molecule has 0 unspecified atom stereocenters. The Labute approximate surface area is 95.0 Å². The first-order valence-corrected chi connectivity index (χ1v) is 5.93. The maximum Gasteiger partial charge on any atom is 0.290 e. The Kier molecular flexibility index (Phi) is 3.54. The smallest absolute Gasteiger partial charge is 0.290 e. The summed E-state index contributed by atoms with van der Waals surface area (Å²) in [6, 6.07) is 0. The lowest BCUT2D eigenvalue weighted by Crippen LogP contribution is -2.30. The molecule has 0 atom stereocenters. The summed E-state index contributed by atoms with van der Waals surface area (Å²) in [4.78, 5) is 15.6. The van der Waals surface area contributed by atoms with Gasteiger partial charge in [0.25, 0.3) is 5.91 Å². The molecule has 1 heterocycles. The van der Waals surface area contributed by atoms with Gasteiger partial charge in [0.1, 0.15) is 5.82 Å². The lowest BCUT2D eigenvalue weighted by molar-refractivity contribution is 0.0933. The molecular formula is C11H18N4O. The maximum absolute atomic E-state index is 11.6. The third-order valence-electron chi connectivity index (χ3n) is 3.08. The van der Waals surface area contributed by atoms with Crippen LogP contribution in [0.3, 0.4) is 0 Å². The number of amides is 1. The molecule has 1 fully saturated rings. The van der Waals surface area contributed by atoms with E-state index in [9.17, 15) is 4.79 Å². The van der Waals surface area contributed by atoms with Crippen LogP contribution in [0.15, 0.2) is 0 Å². The van der Waals surface area contributed by atoms with Gasteiger partial charge in [-0.1, -0.05) is 19.3 Å². The molecule has 0 aromatic carbocycles. The Hall–Kier alpha value is -1.39. The Balaban J connectivity index is 1.79. The molecule has 1 saturated carbocycles. The van der Waals surface area contributed by atoms with Gasteiger partial charge in [0, 0.05) is 6.54 Å². The first kappa shape index (κ1) is 11.1. The number of aromatic nitrogens is 3. The zero-order chi connectivity index (χ0) is 11.4. The van der Waals surface area contributed by atoms with Crippen molar-refractivity contribution in [1.82, 2.24) is 20.5 Å². The van der Waals surface area contributed by atoms with Gasteiger partial charge in [-0.2, -0.15) is 0 Å². The number of hydrogen-bond donors (Lipinski definition) is 2. The molecule has 1 amide bonds. The minimum absolute atomic E-state index is 0.171. The number of aromatic amines is 1. The average Bonchev–Trinajstić information content (AvgIpc) is 2.74. The van der Waals surface area contributed by atoms with Crippen molar-refractivity contribution in [3.63, 3.8) is 0 Å². The molecule has 88 valence electrons. The molecular weight excluding hydrogens is 204 g/mol. The molecule has 0 radical (unpaired) electrons. The van der Waals surface area contributed by atoms with Gasteiger partial charge in [0.15, 0.2) is 0 Å². The molecule has 16 heavy (non-hydrogen) atoms. The van der Waals surface area contributed by atoms with Crippen molar-refractivity contribution >= 4 is 5.91 Å². The highest BCUT2D eigenvalue weighted by Crippen LogP contribution is 2.22. The second kappa shape index (κ2) is 5.09. The van der Waals surface area contributed by atoms with Crippen LogP contribution in [-0.2, 0) is 0 Å². The van der Waals surface area contributed by atoms with E-state index < -0.39 is 0 Å². The highest BCUT2D eigenvalue weighted by atomic mass is 16.2. The molecule has 0 spiro atoms. The standard InChI is InChI=1S/C11H18N4O/c1-8-13-10(15-14-8)11(16)12-7-9-5-3-2-4-6-9/h9H,2-7H2,1H3,(H,12,16)(H,13,14,15). The maximum atomic E-state index is 11.6. The molecule has 1 aromatic heterocycles. The van der Waals surface area contributed by atoms with Crippen LogP contribution in [0.5, 0.6) is 0 Å². The van der Waals surface area contributed by atoms with Crippen molar-refractivity contribution in [2.45, 2.75) is 39.0 Å². The van der Waals surface area contributed by atoms with Gasteiger partial charge in [0.2, 0.25) is 5.82 Å². The second-order valence-electron chi connectivity index (χ2n) is 4.46. The highest BCUT2D eigenvalue weighted by molar-refractivity contribution is 5.90. The molecule has 1 aliphatic rings. The number of H-pyrrole nitrogens is 1. The summed E-state index contributed by atoms with van der Waals surface area (Å²) in [6.07, 6.45) is 6.38. The zero-order valence-electron chi connectivity index (χ0n) is 9.62. The molecule has 0 bridgehead atoms. The Morgan fingerprint density at radius 2 is 2.19 bits per heavy atom. The molecule has 2 rings (SSSR count). The average molecular weight is 222 g/mol. The topological polar surface area (TPSA) is 70.7 Å². The quantitative estimate of drug-likeness (QED) is 0.812. The lowest BCUT2D eigenvalue weighted by atomic mass is 9.89. The van der Waals surface area contributed by atoms with Crippen LogP contribution < -0.4 is 5.32 Å². The van der Waals surface area contributed by atoms with Gasteiger partial charge < -0.3 is 5.32 Å². The number of rotatable bonds is 3. The predicted molar refractivity (Wildman–Crippen MR) is 60.0 cm³/mol. The molecule has 1 aliphatic carbocycles. The number of nitrogens with zero attached hydrogens (tertiary/aromatic N) is 2. The predicted octanol–water partition coefficient (Wildman–Crippen LogP) is 1.42. The summed E-state index contributed by atoms with van der Waals surface area (Å²) in [5.74, 6) is 1.38. The summed E-state index contributed by atoms with van der Waals surface area (Å²) in [5.41, 5.74) is 0. The van der Waals surface area contributed by atoms with Gasteiger partial charge in [0.05, 0.1) is 0 Å². The molecule has 0 saturated heterocycles. The van der Waals surface area contributed by atoms with Gasteiger partial charge >= 0.3 is 0 Å². The van der Waals surface area contributed by atoms with E-state index in [1.165, 1.54) is 32.1 Å². The van der Waals surface area contributed by atoms with Crippen molar-refractivity contribution in [2.75, 3.05) is 6.54 Å². The van der Waals surface area contributed by atoms with E-state index in [0.717, 1.165) is 6.54 Å². The third kappa shape index (κ3) is 2.81. The lowest BCUT2D eigenvalue weighted by Gasteiger charge is -2.21. The SMILES string of the molecule is Cc1nc(C(=O)NCC2CCCCC2)n[nH]1. The first-order chi connectivity index (χ1) is 7.75. The summed E-state index contributed by atoms with van der Waals surface area (Å²) < 4.78 is 0. The van der Waals surface area contributed by atoms with Crippen molar-refractivity contribution in [2.24, 2.45) is 5.92 Å². The Bertz CT molecular complexity index is 355. The van der Waals surface area contributed by atoms with Crippen molar-refractivity contribution in [3.8, 4) is 0 Å². The fraction of sp³-hybridized carbons (Fsp3) is 0.727. The van der Waals surface area contributed by atoms with E-state index >= 15 is 0 Å². The second-order valence-corrected chi connectivity index (χ2v) is 4.46. The number of hydrogen-bond acceptors (Lipinski definition) is 3. The normalized spacial score (nSPS) is 17.3. The van der Waals surface area contributed by atoms with E-state index in [1.54, 1.807) is 6.92 Å². The van der Waals surface area contributed by atoms with Gasteiger partial charge in [-0.25, -0.2) is 4.98 Å². The molecule has 5 nitrogen and oxygen atoms in total. The van der Waals surface area contributed by atoms with Crippen molar-refractivity contribution in [3.05, 3.63) is 11.6 Å². The van der Waals surface area contributed by atoms with Crippen LogP contribution in [0.4, 0.5) is 0 Å². The fourth-order valence-electron chi connectivity index (χ4n) is 2.15. The van der Waals surface area contributed by atoms with Gasteiger partial charge in [-0.3, -0.25) is 9.89 Å². The number of nitrogens with one attached hydrogen (secondary N) is 2. The monoisotopic (exact) mass is 222 g/mol. The number of carbonyl (C=O) groups is 1. The van der Waals surface area contributed by atoms with Crippen LogP contribution in [0.2, 0.25) is 0 Å². The van der Waals surface area contributed by atoms with Crippen LogP contribution in [0.25, 0.3) is 0 Å². The molecule has 1 aromatic rings. The zero-order valence-corrected chi connectivity index (χ0v) is 9.62. The van der Waals surface area contributed by atoms with Gasteiger partial charge in [-0.15, -0.1) is 5.10 Å². The van der Waals surface area contributed by atoms with E-state index in [1.807, 2.05) is 0 Å². The van der Waals surface area contributed by atoms with Gasteiger partial charge in [-0.05, 0) is 25.7 Å². The highest BCUT2D eigenvalue weighted by Gasteiger charge is 2.16. The summed E-state index contributed by atoms with van der Waals surface area (Å²) in [7, 11) is 0. The fourth-order valence-corrected chi connectivity index (χ4v) is 2.15. The van der Waals surface area contributed by atoms with Crippen LogP contribution in [-0.4, -0.2) is 27.6 Å². The summed E-state index contributed by atoms with van der Waals surface area (Å²) in [6.45, 7) is 2.54. The summed E-state index contributed by atoms with van der Waals surface area (Å²) in [5, 5.41) is 9.39. The molecule has 0 aliphatic heterocycles. The minimum atomic E-state index is -0.171. The van der Waals surface area contributed by atoms with E-state index in [0.29, 0.717) is 11.7 Å². The van der Waals surface area contributed by atoms with Crippen LogP contribution in [0.1, 0.15) is 48.5 Å². The van der Waals surface area contributed by atoms with Crippen molar-refractivity contribution < 1.29 is 4.79 Å².